The highest BCUT2D eigenvalue weighted by molar-refractivity contribution is 7.91. The van der Waals surface area contributed by atoms with Crippen LogP contribution in [-0.4, -0.2) is 50.0 Å². The second-order valence-electron chi connectivity index (χ2n) is 6.00. The van der Waals surface area contributed by atoms with Crippen LogP contribution in [0.2, 0.25) is 5.02 Å². The van der Waals surface area contributed by atoms with Gasteiger partial charge < -0.3 is 5.32 Å². The smallest absolute Gasteiger partial charge is 0.153 e. The molecule has 4 nitrogen and oxygen atoms in total. The molecular weight excluding hydrogens is 308 g/mol. The molecule has 2 atom stereocenters. The Balaban J connectivity index is 1.75. The van der Waals surface area contributed by atoms with Crippen LogP contribution in [-0.2, 0) is 9.84 Å². The van der Waals surface area contributed by atoms with Crippen molar-refractivity contribution in [1.82, 2.24) is 4.90 Å². The van der Waals surface area contributed by atoms with E-state index < -0.39 is 9.84 Å². The summed E-state index contributed by atoms with van der Waals surface area (Å²) in [5.41, 5.74) is 0.934. The van der Waals surface area contributed by atoms with Crippen molar-refractivity contribution in [2.75, 3.05) is 29.9 Å². The van der Waals surface area contributed by atoms with E-state index in [1.807, 2.05) is 24.3 Å². The summed E-state index contributed by atoms with van der Waals surface area (Å²) in [4.78, 5) is 2.35. The third-order valence-corrected chi connectivity index (χ3v) is 6.35. The maximum Gasteiger partial charge on any atom is 0.153 e. The molecule has 21 heavy (non-hydrogen) atoms. The molecule has 0 radical (unpaired) electrons. The van der Waals surface area contributed by atoms with Gasteiger partial charge in [0.2, 0.25) is 0 Å². The number of halogens is 1. The summed E-state index contributed by atoms with van der Waals surface area (Å²) >= 11 is 5.89. The first-order chi connectivity index (χ1) is 10.0. The van der Waals surface area contributed by atoms with E-state index in [2.05, 4.69) is 10.2 Å². The molecule has 2 fully saturated rings. The summed E-state index contributed by atoms with van der Waals surface area (Å²) < 4.78 is 24.1. The average Bonchev–Trinajstić information content (AvgIpc) is 2.77. The lowest BCUT2D eigenvalue weighted by molar-refractivity contribution is 0.170. The molecule has 3 rings (SSSR count). The molecule has 2 aliphatic rings. The number of anilines is 1. The van der Waals surface area contributed by atoms with Crippen molar-refractivity contribution in [3.05, 3.63) is 29.3 Å². The lowest BCUT2D eigenvalue weighted by atomic mass is 10.0. The highest BCUT2D eigenvalue weighted by Crippen LogP contribution is 2.25. The van der Waals surface area contributed by atoms with E-state index in [1.54, 1.807) is 0 Å². The van der Waals surface area contributed by atoms with Crippen molar-refractivity contribution in [3.63, 3.8) is 0 Å². The third-order valence-electron chi connectivity index (χ3n) is 4.38. The molecule has 0 bridgehead atoms. The van der Waals surface area contributed by atoms with E-state index in [0.29, 0.717) is 5.02 Å². The first kappa shape index (κ1) is 15.1. The molecule has 2 saturated heterocycles. The molecular formula is C15H21ClN2O2S. The van der Waals surface area contributed by atoms with Crippen molar-refractivity contribution >= 4 is 27.1 Å². The van der Waals surface area contributed by atoms with Gasteiger partial charge in [-0.2, -0.15) is 0 Å². The summed E-state index contributed by atoms with van der Waals surface area (Å²) in [5.74, 6) is 0.495. The number of likely N-dealkylation sites (tertiary alicyclic amines) is 1. The Morgan fingerprint density at radius 1 is 1.05 bits per heavy atom. The zero-order chi connectivity index (χ0) is 14.9. The molecule has 2 aliphatic heterocycles. The largest absolute Gasteiger partial charge is 0.380 e. The van der Waals surface area contributed by atoms with Gasteiger partial charge in [-0.15, -0.1) is 0 Å². The van der Waals surface area contributed by atoms with Crippen molar-refractivity contribution in [1.29, 1.82) is 0 Å². The zero-order valence-corrected chi connectivity index (χ0v) is 13.5. The second kappa shape index (κ2) is 6.15. The summed E-state index contributed by atoms with van der Waals surface area (Å²) in [6.07, 6.45) is 3.60. The van der Waals surface area contributed by atoms with Crippen LogP contribution >= 0.6 is 11.6 Å². The number of benzene rings is 1. The Hall–Kier alpha value is -0.780. The predicted molar refractivity (Wildman–Crippen MR) is 86.7 cm³/mol. The summed E-state index contributed by atoms with van der Waals surface area (Å²) in [6.45, 7) is 2.03. The molecule has 6 heteroatoms. The first-order valence-electron chi connectivity index (χ1n) is 7.50. The maximum absolute atomic E-state index is 12.1. The number of rotatable bonds is 3. The summed E-state index contributed by atoms with van der Waals surface area (Å²) in [6, 6.07) is 7.51. The monoisotopic (exact) mass is 328 g/mol. The molecule has 116 valence electrons. The van der Waals surface area contributed by atoms with Crippen LogP contribution in [0.1, 0.15) is 19.3 Å². The van der Waals surface area contributed by atoms with Gasteiger partial charge in [-0.25, -0.2) is 8.42 Å². The van der Waals surface area contributed by atoms with Crippen LogP contribution in [0.5, 0.6) is 0 Å². The third kappa shape index (κ3) is 3.71. The van der Waals surface area contributed by atoms with Gasteiger partial charge in [-0.05, 0) is 50.2 Å². The highest BCUT2D eigenvalue weighted by atomic mass is 35.5. The number of nitrogens with one attached hydrogen (secondary N) is 1. The minimum Gasteiger partial charge on any atom is -0.380 e. The van der Waals surface area contributed by atoms with Crippen LogP contribution in [0.4, 0.5) is 5.69 Å². The Labute approximate surface area is 131 Å². The SMILES string of the molecule is O=S1(=O)CC(Nc2ccc(Cl)cc2)C(N2CCCCC2)C1. The van der Waals surface area contributed by atoms with Gasteiger partial charge in [0.25, 0.3) is 0 Å². The van der Waals surface area contributed by atoms with Crippen molar-refractivity contribution in [3.8, 4) is 0 Å². The van der Waals surface area contributed by atoms with Gasteiger partial charge in [-0.3, -0.25) is 4.90 Å². The van der Waals surface area contributed by atoms with E-state index >= 15 is 0 Å². The number of sulfone groups is 1. The fourth-order valence-electron chi connectivity index (χ4n) is 3.34. The Morgan fingerprint density at radius 2 is 1.71 bits per heavy atom. The fourth-order valence-corrected chi connectivity index (χ4v) is 5.42. The molecule has 1 N–H and O–H groups in total. The predicted octanol–water partition coefficient (Wildman–Crippen LogP) is 2.40. The van der Waals surface area contributed by atoms with Crippen molar-refractivity contribution in [2.24, 2.45) is 0 Å². The van der Waals surface area contributed by atoms with Crippen molar-refractivity contribution in [2.45, 2.75) is 31.3 Å². The minimum atomic E-state index is -2.95. The van der Waals surface area contributed by atoms with Crippen LogP contribution in [0.15, 0.2) is 24.3 Å². The number of nitrogens with zero attached hydrogens (tertiary/aromatic N) is 1. The molecule has 2 heterocycles. The zero-order valence-electron chi connectivity index (χ0n) is 12.0. The minimum absolute atomic E-state index is 0.0331. The van der Waals surface area contributed by atoms with Gasteiger partial charge >= 0.3 is 0 Å². The second-order valence-corrected chi connectivity index (χ2v) is 8.59. The molecule has 0 saturated carbocycles. The van der Waals surface area contributed by atoms with Gasteiger partial charge in [-0.1, -0.05) is 18.0 Å². The molecule has 0 spiro atoms. The number of piperidine rings is 1. The number of hydrogen-bond donors (Lipinski definition) is 1. The molecule has 0 aromatic heterocycles. The average molecular weight is 329 g/mol. The van der Waals surface area contributed by atoms with Gasteiger partial charge in [0, 0.05) is 16.8 Å². The first-order valence-corrected chi connectivity index (χ1v) is 9.70. The Bertz CT molecular complexity index is 582. The van der Waals surface area contributed by atoms with E-state index in [1.165, 1.54) is 19.3 Å². The van der Waals surface area contributed by atoms with Crippen LogP contribution in [0.3, 0.4) is 0 Å². The Kier molecular flexibility index (Phi) is 4.43. The molecule has 0 aliphatic carbocycles. The van der Waals surface area contributed by atoms with E-state index in [9.17, 15) is 8.42 Å². The van der Waals surface area contributed by atoms with Crippen molar-refractivity contribution < 1.29 is 8.42 Å². The maximum atomic E-state index is 12.1. The molecule has 2 unspecified atom stereocenters. The fraction of sp³-hybridized carbons (Fsp3) is 0.600. The lowest BCUT2D eigenvalue weighted by Crippen LogP contribution is -2.48. The standard InChI is InChI=1S/C15H21ClN2O2S/c16-12-4-6-13(7-5-12)17-14-10-21(19,20)11-15(14)18-8-2-1-3-9-18/h4-7,14-15,17H,1-3,8-11H2. The summed E-state index contributed by atoms with van der Waals surface area (Å²) in [7, 11) is -2.95. The van der Waals surface area contributed by atoms with E-state index in [4.69, 9.17) is 11.6 Å². The molecule has 1 aromatic rings. The van der Waals surface area contributed by atoms with Gasteiger partial charge in [0.1, 0.15) is 0 Å². The van der Waals surface area contributed by atoms with E-state index in [-0.39, 0.29) is 23.6 Å². The van der Waals surface area contributed by atoms with Gasteiger partial charge in [0.05, 0.1) is 17.5 Å². The van der Waals surface area contributed by atoms with Crippen LogP contribution in [0, 0.1) is 0 Å². The van der Waals surface area contributed by atoms with Crippen LogP contribution < -0.4 is 5.32 Å². The molecule has 0 amide bonds. The normalized spacial score (nSPS) is 29.4. The topological polar surface area (TPSA) is 49.4 Å². The van der Waals surface area contributed by atoms with Crippen LogP contribution in [0.25, 0.3) is 0 Å². The highest BCUT2D eigenvalue weighted by Gasteiger charge is 2.41. The number of hydrogen-bond acceptors (Lipinski definition) is 4. The quantitative estimate of drug-likeness (QED) is 0.925. The molecule has 1 aromatic carbocycles. The summed E-state index contributed by atoms with van der Waals surface area (Å²) in [5, 5.41) is 4.08. The Morgan fingerprint density at radius 3 is 2.38 bits per heavy atom. The van der Waals surface area contributed by atoms with Gasteiger partial charge in [0.15, 0.2) is 9.84 Å². The van der Waals surface area contributed by atoms with E-state index in [0.717, 1.165) is 18.8 Å². The lowest BCUT2D eigenvalue weighted by Gasteiger charge is -2.35.